The van der Waals surface area contributed by atoms with E-state index in [1.807, 2.05) is 36.4 Å². The van der Waals surface area contributed by atoms with Crippen LogP contribution in [0.15, 0.2) is 66.7 Å². The number of aliphatic hydroxyl groups excluding tert-OH is 1. The van der Waals surface area contributed by atoms with Crippen molar-refractivity contribution < 1.29 is 19.1 Å². The van der Waals surface area contributed by atoms with Gasteiger partial charge in [-0.15, -0.1) is 0 Å². The molecule has 0 radical (unpaired) electrons. The van der Waals surface area contributed by atoms with Gasteiger partial charge in [-0.05, 0) is 54.7 Å². The number of nitrogens with one attached hydrogen (secondary N) is 2. The highest BCUT2D eigenvalue weighted by atomic mass is 19.1. The van der Waals surface area contributed by atoms with Crippen molar-refractivity contribution >= 4 is 11.8 Å². The highest BCUT2D eigenvalue weighted by molar-refractivity contribution is 5.97. The molecule has 7 heteroatoms. The van der Waals surface area contributed by atoms with Gasteiger partial charge in [-0.1, -0.05) is 61.7 Å². The van der Waals surface area contributed by atoms with E-state index in [4.69, 9.17) is 0 Å². The van der Waals surface area contributed by atoms with Crippen molar-refractivity contribution in [1.82, 2.24) is 15.2 Å². The van der Waals surface area contributed by atoms with Gasteiger partial charge < -0.3 is 20.3 Å². The molecule has 1 atom stereocenters. The van der Waals surface area contributed by atoms with Crippen LogP contribution in [0.4, 0.5) is 4.39 Å². The number of aromatic amines is 1. The summed E-state index contributed by atoms with van der Waals surface area (Å²) in [4.78, 5) is 32.0. The zero-order valence-corrected chi connectivity index (χ0v) is 19.8. The lowest BCUT2D eigenvalue weighted by atomic mass is 9.94. The topological polar surface area (TPSA) is 85.4 Å². The Labute approximate surface area is 205 Å². The van der Waals surface area contributed by atoms with Crippen molar-refractivity contribution in [1.29, 1.82) is 0 Å². The van der Waals surface area contributed by atoms with E-state index in [9.17, 15) is 19.1 Å². The molecule has 1 aliphatic carbocycles. The van der Waals surface area contributed by atoms with Crippen LogP contribution in [0, 0.1) is 5.82 Å². The van der Waals surface area contributed by atoms with Crippen molar-refractivity contribution in [2.75, 3.05) is 13.2 Å². The van der Waals surface area contributed by atoms with Crippen LogP contribution in [-0.4, -0.2) is 46.0 Å². The first kappa shape index (κ1) is 24.7. The fourth-order valence-corrected chi connectivity index (χ4v) is 4.69. The minimum Gasteiger partial charge on any atom is -0.396 e. The fourth-order valence-electron chi connectivity index (χ4n) is 4.69. The number of benzene rings is 2. The maximum atomic E-state index is 13.7. The van der Waals surface area contributed by atoms with Crippen LogP contribution >= 0.6 is 0 Å². The van der Waals surface area contributed by atoms with Gasteiger partial charge in [-0.3, -0.25) is 9.59 Å². The molecule has 1 aliphatic rings. The van der Waals surface area contributed by atoms with Gasteiger partial charge in [-0.2, -0.15) is 0 Å². The molecule has 0 aliphatic heterocycles. The zero-order chi connectivity index (χ0) is 24.6. The molecule has 6 nitrogen and oxygen atoms in total. The van der Waals surface area contributed by atoms with Gasteiger partial charge in [0.05, 0.1) is 0 Å². The summed E-state index contributed by atoms with van der Waals surface area (Å²) in [6.45, 7) is 0.0549. The maximum absolute atomic E-state index is 13.7. The quantitative estimate of drug-likeness (QED) is 0.412. The Morgan fingerprint density at radius 3 is 2.40 bits per heavy atom. The van der Waals surface area contributed by atoms with Gasteiger partial charge >= 0.3 is 0 Å². The van der Waals surface area contributed by atoms with Gasteiger partial charge in [0.1, 0.15) is 17.6 Å². The van der Waals surface area contributed by atoms with Crippen LogP contribution in [0.1, 0.15) is 60.6 Å². The molecule has 3 aromatic rings. The van der Waals surface area contributed by atoms with E-state index in [-0.39, 0.29) is 31.0 Å². The first-order chi connectivity index (χ1) is 17.1. The fraction of sp³-hybridized carbons (Fsp3) is 0.357. The molecule has 35 heavy (non-hydrogen) atoms. The summed E-state index contributed by atoms with van der Waals surface area (Å²) < 4.78 is 13.7. The Kier molecular flexibility index (Phi) is 8.32. The number of H-pyrrole nitrogens is 1. The number of carbonyl (C=O) groups excluding carboxylic acids is 2. The highest BCUT2D eigenvalue weighted by Gasteiger charge is 2.33. The number of amides is 2. The molecule has 1 fully saturated rings. The molecule has 0 bridgehead atoms. The first-order valence-electron chi connectivity index (χ1n) is 12.3. The molecule has 184 valence electrons. The summed E-state index contributed by atoms with van der Waals surface area (Å²) >= 11 is 0. The van der Waals surface area contributed by atoms with Crippen LogP contribution in [0.5, 0.6) is 0 Å². The Morgan fingerprint density at radius 2 is 1.71 bits per heavy atom. The average Bonchev–Trinajstić information content (AvgIpc) is 3.38. The number of hydrogen-bond donors (Lipinski definition) is 3. The molecule has 2 amide bonds. The summed E-state index contributed by atoms with van der Waals surface area (Å²) in [5, 5.41) is 12.6. The molecule has 2 aromatic carbocycles. The zero-order valence-electron chi connectivity index (χ0n) is 19.8. The molecule has 1 aromatic heterocycles. The molecule has 1 heterocycles. The van der Waals surface area contributed by atoms with Crippen molar-refractivity contribution in [2.24, 2.45) is 0 Å². The van der Waals surface area contributed by atoms with E-state index in [1.54, 1.807) is 18.2 Å². The average molecular weight is 478 g/mol. The van der Waals surface area contributed by atoms with E-state index in [2.05, 4.69) is 10.3 Å². The molecule has 0 saturated heterocycles. The van der Waals surface area contributed by atoms with Crippen molar-refractivity contribution in [2.45, 2.75) is 50.6 Å². The Morgan fingerprint density at radius 1 is 1.00 bits per heavy atom. The predicted molar refractivity (Wildman–Crippen MR) is 133 cm³/mol. The highest BCUT2D eigenvalue weighted by Crippen LogP contribution is 2.27. The van der Waals surface area contributed by atoms with Crippen LogP contribution in [0.2, 0.25) is 0 Å². The van der Waals surface area contributed by atoms with Crippen molar-refractivity contribution in [3.8, 4) is 11.3 Å². The summed E-state index contributed by atoms with van der Waals surface area (Å²) in [6.07, 6.45) is 5.40. The summed E-state index contributed by atoms with van der Waals surface area (Å²) in [5.74, 6) is -1.05. The summed E-state index contributed by atoms with van der Waals surface area (Å²) in [5.41, 5.74) is 2.61. The Hall–Kier alpha value is -3.45. The van der Waals surface area contributed by atoms with Gasteiger partial charge in [-0.25, -0.2) is 4.39 Å². The molecule has 0 spiro atoms. The first-order valence-corrected chi connectivity index (χ1v) is 12.3. The largest absolute Gasteiger partial charge is 0.396 e. The minimum atomic E-state index is -0.944. The second-order valence-electron chi connectivity index (χ2n) is 9.03. The Balaban J connectivity index is 1.66. The van der Waals surface area contributed by atoms with Crippen molar-refractivity contribution in [3.63, 3.8) is 0 Å². The van der Waals surface area contributed by atoms with E-state index < -0.39 is 11.9 Å². The third kappa shape index (κ3) is 6.17. The van der Waals surface area contributed by atoms with Gasteiger partial charge in [0.25, 0.3) is 5.91 Å². The van der Waals surface area contributed by atoms with Gasteiger partial charge in [0.2, 0.25) is 5.91 Å². The molecular weight excluding hydrogens is 445 g/mol. The number of hydrogen-bond acceptors (Lipinski definition) is 3. The molecule has 3 N–H and O–H groups in total. The maximum Gasteiger partial charge on any atom is 0.271 e. The van der Waals surface area contributed by atoms with Crippen LogP contribution in [0.3, 0.4) is 0 Å². The third-order valence-corrected chi connectivity index (χ3v) is 6.52. The normalized spacial score (nSPS) is 14.9. The number of carbonyl (C=O) groups is 2. The number of aliphatic hydroxyl groups is 1. The van der Waals surface area contributed by atoms with E-state index in [0.717, 1.165) is 43.4 Å². The monoisotopic (exact) mass is 477 g/mol. The second kappa shape index (κ2) is 11.8. The number of nitrogens with zero attached hydrogens (tertiary/aromatic N) is 1. The molecule has 1 saturated carbocycles. The third-order valence-electron chi connectivity index (χ3n) is 6.52. The SMILES string of the molecule is O=C(NC1CCCCC1)C(c1ccc(F)cc1)N(CCCO)C(=O)c1ccc(-c2ccccc2)[nH]1. The standard InChI is InChI=1S/C28H32FN3O3/c29-22-14-12-21(13-15-22)26(27(34)30-23-10-5-2-6-11-23)32(18-7-19-33)28(35)25-17-16-24(31-25)20-8-3-1-4-9-20/h1,3-4,8-9,12-17,23,26,31,33H,2,5-7,10-11,18-19H2,(H,30,34). The van der Waals surface area contributed by atoms with Crippen LogP contribution < -0.4 is 5.32 Å². The Bertz CT molecular complexity index is 1110. The van der Waals surface area contributed by atoms with E-state index in [1.165, 1.54) is 17.0 Å². The minimum absolute atomic E-state index is 0.0594. The molecular formula is C28H32FN3O3. The smallest absolute Gasteiger partial charge is 0.271 e. The van der Waals surface area contributed by atoms with Crippen LogP contribution in [-0.2, 0) is 4.79 Å². The lowest BCUT2D eigenvalue weighted by Crippen LogP contribution is -2.47. The number of rotatable bonds is 9. The lowest BCUT2D eigenvalue weighted by molar-refractivity contribution is -0.127. The van der Waals surface area contributed by atoms with Gasteiger partial charge in [0.15, 0.2) is 0 Å². The predicted octanol–water partition coefficient (Wildman–Crippen LogP) is 4.84. The lowest BCUT2D eigenvalue weighted by Gasteiger charge is -2.33. The molecule has 4 rings (SSSR count). The van der Waals surface area contributed by atoms with E-state index >= 15 is 0 Å². The van der Waals surface area contributed by atoms with Gasteiger partial charge in [0, 0.05) is 24.9 Å². The molecule has 1 unspecified atom stereocenters. The number of aromatic nitrogens is 1. The van der Waals surface area contributed by atoms with Crippen molar-refractivity contribution in [3.05, 3.63) is 83.8 Å². The van der Waals surface area contributed by atoms with E-state index in [0.29, 0.717) is 17.7 Å². The van der Waals surface area contributed by atoms with Crippen LogP contribution in [0.25, 0.3) is 11.3 Å². The number of halogens is 1. The second-order valence-corrected chi connectivity index (χ2v) is 9.03. The summed E-state index contributed by atoms with van der Waals surface area (Å²) in [6, 6.07) is 18.0. The summed E-state index contributed by atoms with van der Waals surface area (Å²) in [7, 11) is 0.